The third-order valence-electron chi connectivity index (χ3n) is 3.10. The number of carbonyl (C=O) groups excluding carboxylic acids is 1. The Balaban J connectivity index is 1.83. The molecule has 1 amide bonds. The lowest BCUT2D eigenvalue weighted by Gasteiger charge is -2.28. The summed E-state index contributed by atoms with van der Waals surface area (Å²) in [6.45, 7) is 1.89. The molecule has 1 aromatic rings. The van der Waals surface area contributed by atoms with Gasteiger partial charge in [0.25, 0.3) is 0 Å². The zero-order valence-electron chi connectivity index (χ0n) is 10.8. The Bertz CT molecular complexity index is 464. The fraction of sp³-hybridized carbons (Fsp3) is 0.333. The molecule has 0 aromatic heterocycles. The van der Waals surface area contributed by atoms with Gasteiger partial charge in [0.05, 0.1) is 0 Å². The van der Waals surface area contributed by atoms with Gasteiger partial charge < -0.3 is 4.90 Å². The van der Waals surface area contributed by atoms with Crippen molar-refractivity contribution in [3.63, 3.8) is 0 Å². The molecule has 0 atom stereocenters. The van der Waals surface area contributed by atoms with Crippen LogP contribution in [0.15, 0.2) is 36.4 Å². The number of piperidine rings is 1. The highest BCUT2D eigenvalue weighted by molar-refractivity contribution is 7.80. The van der Waals surface area contributed by atoms with Crippen molar-refractivity contribution in [2.24, 2.45) is 0 Å². The van der Waals surface area contributed by atoms with E-state index in [9.17, 15) is 4.79 Å². The molecule has 1 saturated heterocycles. The Morgan fingerprint density at radius 2 is 1.84 bits per heavy atom. The topological polar surface area (TPSA) is 32.3 Å². The monoisotopic (exact) mass is 274 g/mol. The number of amides is 1. The third-order valence-corrected chi connectivity index (χ3v) is 3.46. The molecule has 4 heteroatoms. The van der Waals surface area contributed by atoms with Crippen LogP contribution in [0.1, 0.15) is 24.8 Å². The molecule has 1 N–H and O–H groups in total. The molecule has 2 rings (SSSR count). The van der Waals surface area contributed by atoms with E-state index < -0.39 is 0 Å². The minimum absolute atomic E-state index is 0.167. The van der Waals surface area contributed by atoms with Crippen molar-refractivity contribution in [2.75, 3.05) is 13.1 Å². The van der Waals surface area contributed by atoms with Crippen LogP contribution in [-0.2, 0) is 4.79 Å². The fourth-order valence-electron chi connectivity index (χ4n) is 2.06. The molecule has 0 aliphatic carbocycles. The van der Waals surface area contributed by atoms with E-state index in [1.807, 2.05) is 30.3 Å². The van der Waals surface area contributed by atoms with E-state index in [0.717, 1.165) is 31.5 Å². The van der Waals surface area contributed by atoms with Crippen molar-refractivity contribution in [3.05, 3.63) is 42.0 Å². The molecule has 1 aliphatic heterocycles. The van der Waals surface area contributed by atoms with Gasteiger partial charge in [0.15, 0.2) is 5.11 Å². The van der Waals surface area contributed by atoms with Gasteiger partial charge in [-0.1, -0.05) is 30.3 Å². The highest BCUT2D eigenvalue weighted by Gasteiger charge is 2.14. The van der Waals surface area contributed by atoms with Gasteiger partial charge in [-0.25, -0.2) is 0 Å². The van der Waals surface area contributed by atoms with Crippen LogP contribution in [0.5, 0.6) is 0 Å². The largest absolute Gasteiger partial charge is 0.349 e. The molecule has 0 bridgehead atoms. The predicted octanol–water partition coefficient (Wildman–Crippen LogP) is 2.59. The number of thiocarbonyl (C=S) groups is 1. The lowest BCUT2D eigenvalue weighted by atomic mass is 10.1. The molecule has 3 nitrogen and oxygen atoms in total. The van der Waals surface area contributed by atoms with Crippen molar-refractivity contribution >= 4 is 29.3 Å². The summed E-state index contributed by atoms with van der Waals surface area (Å²) in [5.74, 6) is -0.167. The van der Waals surface area contributed by atoms with Gasteiger partial charge >= 0.3 is 0 Å². The molecule has 1 heterocycles. The van der Waals surface area contributed by atoms with Crippen LogP contribution in [0.3, 0.4) is 0 Å². The normalized spacial score (nSPS) is 15.5. The van der Waals surface area contributed by atoms with E-state index in [1.54, 1.807) is 6.08 Å². The SMILES string of the molecule is O=C(/C=C/c1ccccc1)NC(=S)N1CCCCC1. The number of rotatable bonds is 2. The first-order valence-electron chi connectivity index (χ1n) is 6.59. The number of nitrogens with zero attached hydrogens (tertiary/aromatic N) is 1. The van der Waals surface area contributed by atoms with Crippen molar-refractivity contribution < 1.29 is 4.79 Å². The van der Waals surface area contributed by atoms with E-state index in [1.165, 1.54) is 12.5 Å². The van der Waals surface area contributed by atoms with Crippen LogP contribution in [0.2, 0.25) is 0 Å². The van der Waals surface area contributed by atoms with Crippen molar-refractivity contribution in [3.8, 4) is 0 Å². The van der Waals surface area contributed by atoms with Crippen LogP contribution in [0.25, 0.3) is 6.08 Å². The van der Waals surface area contributed by atoms with Crippen molar-refractivity contribution in [2.45, 2.75) is 19.3 Å². The fourth-order valence-corrected chi connectivity index (χ4v) is 2.34. The van der Waals surface area contributed by atoms with Gasteiger partial charge in [0.2, 0.25) is 5.91 Å². The Morgan fingerprint density at radius 3 is 2.53 bits per heavy atom. The molecule has 0 saturated carbocycles. The van der Waals surface area contributed by atoms with E-state index in [4.69, 9.17) is 12.2 Å². The minimum atomic E-state index is -0.167. The Kier molecular flexibility index (Phi) is 5.10. The average Bonchev–Trinajstić information content (AvgIpc) is 2.47. The van der Waals surface area contributed by atoms with Gasteiger partial charge in [0.1, 0.15) is 0 Å². The summed E-state index contributed by atoms with van der Waals surface area (Å²) in [5, 5.41) is 3.30. The summed E-state index contributed by atoms with van der Waals surface area (Å²) in [4.78, 5) is 13.8. The standard InChI is InChI=1S/C15H18N2OS/c18-14(10-9-13-7-3-1-4-8-13)16-15(19)17-11-5-2-6-12-17/h1,3-4,7-10H,2,5-6,11-12H2,(H,16,18,19)/b10-9+. The maximum absolute atomic E-state index is 11.8. The number of hydrogen-bond donors (Lipinski definition) is 1. The average molecular weight is 274 g/mol. The predicted molar refractivity (Wildman–Crippen MR) is 81.6 cm³/mol. The lowest BCUT2D eigenvalue weighted by Crippen LogP contribution is -2.44. The second-order valence-corrected chi connectivity index (χ2v) is 4.97. The first kappa shape index (κ1) is 13.7. The second-order valence-electron chi connectivity index (χ2n) is 4.59. The quantitative estimate of drug-likeness (QED) is 0.664. The molecule has 1 fully saturated rings. The molecule has 1 aliphatic rings. The van der Waals surface area contributed by atoms with Crippen LogP contribution >= 0.6 is 12.2 Å². The molecular formula is C15H18N2OS. The van der Waals surface area contributed by atoms with Gasteiger partial charge in [-0.05, 0) is 43.1 Å². The maximum atomic E-state index is 11.8. The molecule has 0 spiro atoms. The number of carbonyl (C=O) groups is 1. The van der Waals surface area contributed by atoms with Gasteiger partial charge in [-0.2, -0.15) is 0 Å². The zero-order chi connectivity index (χ0) is 13.5. The van der Waals surface area contributed by atoms with Crippen molar-refractivity contribution in [1.29, 1.82) is 0 Å². The summed E-state index contributed by atoms with van der Waals surface area (Å²) in [7, 11) is 0. The van der Waals surface area contributed by atoms with E-state index in [2.05, 4.69) is 10.2 Å². The van der Waals surface area contributed by atoms with E-state index >= 15 is 0 Å². The minimum Gasteiger partial charge on any atom is -0.349 e. The Morgan fingerprint density at radius 1 is 1.16 bits per heavy atom. The molecule has 1 aromatic carbocycles. The van der Waals surface area contributed by atoms with E-state index in [0.29, 0.717) is 5.11 Å². The van der Waals surface area contributed by atoms with Crippen LogP contribution < -0.4 is 5.32 Å². The highest BCUT2D eigenvalue weighted by atomic mass is 32.1. The summed E-state index contributed by atoms with van der Waals surface area (Å²) in [5.41, 5.74) is 1.00. The molecule has 100 valence electrons. The molecule has 0 unspecified atom stereocenters. The maximum Gasteiger partial charge on any atom is 0.250 e. The van der Waals surface area contributed by atoms with Crippen LogP contribution in [0, 0.1) is 0 Å². The highest BCUT2D eigenvalue weighted by Crippen LogP contribution is 2.08. The van der Waals surface area contributed by atoms with Gasteiger partial charge in [0, 0.05) is 19.2 Å². The van der Waals surface area contributed by atoms with E-state index in [-0.39, 0.29) is 5.91 Å². The molecular weight excluding hydrogens is 256 g/mol. The zero-order valence-corrected chi connectivity index (χ0v) is 11.7. The summed E-state index contributed by atoms with van der Waals surface area (Å²) in [6.07, 6.45) is 6.85. The van der Waals surface area contributed by atoms with Crippen LogP contribution in [0.4, 0.5) is 0 Å². The Labute approximate surface area is 119 Å². The van der Waals surface area contributed by atoms with Gasteiger partial charge in [-0.15, -0.1) is 0 Å². The third kappa shape index (κ3) is 4.48. The summed E-state index contributed by atoms with van der Waals surface area (Å²) >= 11 is 5.24. The molecule has 0 radical (unpaired) electrons. The van der Waals surface area contributed by atoms with Crippen molar-refractivity contribution in [1.82, 2.24) is 10.2 Å². The number of likely N-dealkylation sites (tertiary alicyclic amines) is 1. The molecule has 19 heavy (non-hydrogen) atoms. The van der Waals surface area contributed by atoms with Gasteiger partial charge in [-0.3, -0.25) is 10.1 Å². The Hall–Kier alpha value is -1.68. The first-order chi connectivity index (χ1) is 9.25. The first-order valence-corrected chi connectivity index (χ1v) is 6.99. The second kappa shape index (κ2) is 7.04. The lowest BCUT2D eigenvalue weighted by molar-refractivity contribution is -0.115. The number of hydrogen-bond acceptors (Lipinski definition) is 2. The number of benzene rings is 1. The summed E-state index contributed by atoms with van der Waals surface area (Å²) in [6, 6.07) is 9.73. The van der Waals surface area contributed by atoms with Crippen LogP contribution in [-0.4, -0.2) is 29.0 Å². The number of nitrogens with one attached hydrogen (secondary N) is 1. The summed E-state index contributed by atoms with van der Waals surface area (Å²) < 4.78 is 0. The smallest absolute Gasteiger partial charge is 0.250 e.